The molecule has 0 unspecified atom stereocenters. The van der Waals surface area contributed by atoms with Crippen LogP contribution in [0.5, 0.6) is 0 Å². The molecule has 0 saturated heterocycles. The number of aryl methyl sites for hydroxylation is 1. The highest BCUT2D eigenvalue weighted by molar-refractivity contribution is 6.29. The smallest absolute Gasteiger partial charge is 0.251 e. The highest BCUT2D eigenvalue weighted by Gasteiger charge is 2.19. The van der Waals surface area contributed by atoms with E-state index in [0.29, 0.717) is 10.7 Å². The van der Waals surface area contributed by atoms with Gasteiger partial charge in [0.25, 0.3) is 5.91 Å². The molecule has 0 aliphatic heterocycles. The summed E-state index contributed by atoms with van der Waals surface area (Å²) in [7, 11) is 0. The molecule has 0 bridgehead atoms. The SMILES string of the molecule is CCC(C)(C)NC(=O)c1cc(C)nc(Cl)c1. The van der Waals surface area contributed by atoms with Crippen molar-refractivity contribution in [2.24, 2.45) is 0 Å². The third-order valence-electron chi connectivity index (χ3n) is 2.52. The van der Waals surface area contributed by atoms with E-state index in [4.69, 9.17) is 11.6 Å². The molecule has 0 aliphatic rings. The van der Waals surface area contributed by atoms with Crippen LogP contribution in [0.1, 0.15) is 43.2 Å². The molecule has 1 amide bonds. The second-order valence-corrected chi connectivity index (χ2v) is 4.90. The minimum absolute atomic E-state index is 0.112. The number of hydrogen-bond donors (Lipinski definition) is 1. The summed E-state index contributed by atoms with van der Waals surface area (Å²) in [5.74, 6) is -0.112. The van der Waals surface area contributed by atoms with E-state index < -0.39 is 0 Å². The lowest BCUT2D eigenvalue weighted by atomic mass is 10.0. The van der Waals surface area contributed by atoms with E-state index in [-0.39, 0.29) is 11.4 Å². The average Bonchev–Trinajstić information content (AvgIpc) is 2.15. The zero-order valence-electron chi connectivity index (χ0n) is 10.1. The number of rotatable bonds is 3. The van der Waals surface area contributed by atoms with Gasteiger partial charge in [0.1, 0.15) is 5.15 Å². The maximum atomic E-state index is 11.9. The minimum atomic E-state index is -0.208. The zero-order chi connectivity index (χ0) is 12.3. The molecule has 0 atom stereocenters. The van der Waals surface area contributed by atoms with Crippen molar-refractivity contribution in [1.29, 1.82) is 0 Å². The number of nitrogens with one attached hydrogen (secondary N) is 1. The summed E-state index contributed by atoms with van der Waals surface area (Å²) in [5, 5.41) is 3.30. The fraction of sp³-hybridized carbons (Fsp3) is 0.500. The highest BCUT2D eigenvalue weighted by atomic mass is 35.5. The molecular formula is C12H17ClN2O. The first-order chi connectivity index (χ1) is 7.34. The Labute approximate surface area is 101 Å². The fourth-order valence-electron chi connectivity index (χ4n) is 1.23. The molecular weight excluding hydrogens is 224 g/mol. The van der Waals surface area contributed by atoms with Crippen molar-refractivity contribution in [3.63, 3.8) is 0 Å². The molecule has 4 heteroatoms. The van der Waals surface area contributed by atoms with Crippen molar-refractivity contribution in [3.8, 4) is 0 Å². The third-order valence-corrected chi connectivity index (χ3v) is 2.71. The van der Waals surface area contributed by atoms with Gasteiger partial charge in [0.2, 0.25) is 0 Å². The van der Waals surface area contributed by atoms with Crippen LogP contribution in [-0.2, 0) is 0 Å². The van der Waals surface area contributed by atoms with Crippen molar-refractivity contribution < 1.29 is 4.79 Å². The molecule has 1 rings (SSSR count). The van der Waals surface area contributed by atoms with E-state index in [9.17, 15) is 4.79 Å². The lowest BCUT2D eigenvalue weighted by Gasteiger charge is -2.24. The number of hydrogen-bond acceptors (Lipinski definition) is 2. The number of pyridine rings is 1. The van der Waals surface area contributed by atoms with Crippen LogP contribution in [0.2, 0.25) is 5.15 Å². The third kappa shape index (κ3) is 3.49. The van der Waals surface area contributed by atoms with Gasteiger partial charge in [-0.1, -0.05) is 18.5 Å². The first-order valence-corrected chi connectivity index (χ1v) is 5.68. The summed E-state index contributed by atoms with van der Waals surface area (Å²) in [4.78, 5) is 15.9. The molecule has 1 aromatic heterocycles. The van der Waals surface area contributed by atoms with Gasteiger partial charge in [0, 0.05) is 16.8 Å². The molecule has 0 aromatic carbocycles. The predicted molar refractivity (Wildman–Crippen MR) is 65.8 cm³/mol. The Bertz CT molecular complexity index is 382. The number of halogens is 1. The van der Waals surface area contributed by atoms with Gasteiger partial charge in [-0.2, -0.15) is 0 Å². The van der Waals surface area contributed by atoms with Gasteiger partial charge >= 0.3 is 0 Å². The van der Waals surface area contributed by atoms with Crippen LogP contribution in [0.25, 0.3) is 0 Å². The fourth-order valence-corrected chi connectivity index (χ4v) is 1.48. The normalized spacial score (nSPS) is 11.3. The summed E-state index contributed by atoms with van der Waals surface area (Å²) in [6, 6.07) is 3.31. The second kappa shape index (κ2) is 4.83. The molecule has 0 spiro atoms. The first kappa shape index (κ1) is 13.0. The van der Waals surface area contributed by atoms with E-state index in [1.807, 2.05) is 27.7 Å². The number of aromatic nitrogens is 1. The van der Waals surface area contributed by atoms with Gasteiger partial charge in [-0.25, -0.2) is 4.98 Å². The Hall–Kier alpha value is -1.09. The van der Waals surface area contributed by atoms with Gasteiger partial charge in [-0.15, -0.1) is 0 Å². The maximum absolute atomic E-state index is 11.9. The molecule has 16 heavy (non-hydrogen) atoms. The van der Waals surface area contributed by atoms with Crippen molar-refractivity contribution in [2.45, 2.75) is 39.7 Å². The number of carbonyl (C=O) groups excluding carboxylic acids is 1. The molecule has 1 heterocycles. The van der Waals surface area contributed by atoms with Crippen molar-refractivity contribution in [3.05, 3.63) is 28.5 Å². The predicted octanol–water partition coefficient (Wildman–Crippen LogP) is 2.96. The molecule has 3 nitrogen and oxygen atoms in total. The molecule has 0 saturated carbocycles. The van der Waals surface area contributed by atoms with Gasteiger partial charge < -0.3 is 5.32 Å². The van der Waals surface area contributed by atoms with Gasteiger partial charge in [-0.3, -0.25) is 4.79 Å². The van der Waals surface area contributed by atoms with E-state index >= 15 is 0 Å². The molecule has 1 aromatic rings. The summed E-state index contributed by atoms with van der Waals surface area (Å²) in [6.07, 6.45) is 0.872. The van der Waals surface area contributed by atoms with Gasteiger partial charge in [0.15, 0.2) is 0 Å². The summed E-state index contributed by atoms with van der Waals surface area (Å²) >= 11 is 5.81. The Morgan fingerprint density at radius 2 is 2.12 bits per heavy atom. The average molecular weight is 241 g/mol. The highest BCUT2D eigenvalue weighted by Crippen LogP contribution is 2.13. The van der Waals surface area contributed by atoms with E-state index in [0.717, 1.165) is 12.1 Å². The van der Waals surface area contributed by atoms with Crippen LogP contribution in [0.3, 0.4) is 0 Å². The van der Waals surface area contributed by atoms with Crippen LogP contribution >= 0.6 is 11.6 Å². The van der Waals surface area contributed by atoms with Crippen LogP contribution in [0.4, 0.5) is 0 Å². The largest absolute Gasteiger partial charge is 0.347 e. The molecule has 0 radical (unpaired) electrons. The van der Waals surface area contributed by atoms with E-state index in [1.165, 1.54) is 0 Å². The Balaban J connectivity index is 2.89. The molecule has 0 aliphatic carbocycles. The van der Waals surface area contributed by atoms with Crippen LogP contribution in [0.15, 0.2) is 12.1 Å². The summed E-state index contributed by atoms with van der Waals surface area (Å²) in [6.45, 7) is 7.82. The standard InChI is InChI=1S/C12H17ClN2O/c1-5-12(3,4)15-11(16)9-6-8(2)14-10(13)7-9/h6-7H,5H2,1-4H3,(H,15,16). The van der Waals surface area contributed by atoms with Crippen molar-refractivity contribution >= 4 is 17.5 Å². The second-order valence-electron chi connectivity index (χ2n) is 4.51. The zero-order valence-corrected chi connectivity index (χ0v) is 10.9. The minimum Gasteiger partial charge on any atom is -0.347 e. The van der Waals surface area contributed by atoms with Crippen LogP contribution in [0, 0.1) is 6.92 Å². The monoisotopic (exact) mass is 240 g/mol. The summed E-state index contributed by atoms with van der Waals surface area (Å²) in [5.41, 5.74) is 1.09. The number of nitrogens with zero attached hydrogens (tertiary/aromatic N) is 1. The lowest BCUT2D eigenvalue weighted by Crippen LogP contribution is -2.42. The van der Waals surface area contributed by atoms with Gasteiger partial charge in [0.05, 0.1) is 0 Å². The van der Waals surface area contributed by atoms with Gasteiger partial charge in [-0.05, 0) is 39.3 Å². The first-order valence-electron chi connectivity index (χ1n) is 5.31. The topological polar surface area (TPSA) is 42.0 Å². The lowest BCUT2D eigenvalue weighted by molar-refractivity contribution is 0.0911. The Morgan fingerprint density at radius 1 is 1.50 bits per heavy atom. The van der Waals surface area contributed by atoms with Crippen LogP contribution < -0.4 is 5.32 Å². The van der Waals surface area contributed by atoms with Crippen LogP contribution in [-0.4, -0.2) is 16.4 Å². The summed E-state index contributed by atoms with van der Waals surface area (Å²) < 4.78 is 0. The van der Waals surface area contributed by atoms with Crippen molar-refractivity contribution in [1.82, 2.24) is 10.3 Å². The molecule has 1 N–H and O–H groups in total. The Morgan fingerprint density at radius 3 is 2.62 bits per heavy atom. The quantitative estimate of drug-likeness (QED) is 0.826. The van der Waals surface area contributed by atoms with Crippen molar-refractivity contribution in [2.75, 3.05) is 0 Å². The number of amides is 1. The van der Waals surface area contributed by atoms with E-state index in [1.54, 1.807) is 12.1 Å². The molecule has 0 fully saturated rings. The van der Waals surface area contributed by atoms with E-state index in [2.05, 4.69) is 10.3 Å². The Kier molecular flexibility index (Phi) is 3.92. The number of carbonyl (C=O) groups is 1. The maximum Gasteiger partial charge on any atom is 0.251 e. The molecule has 88 valence electrons.